The quantitative estimate of drug-likeness (QED) is 0.726. The van der Waals surface area contributed by atoms with Crippen molar-refractivity contribution in [2.24, 2.45) is 0 Å². The molecule has 0 bridgehead atoms. The molecule has 1 aromatic carbocycles. The van der Waals surface area contributed by atoms with E-state index < -0.39 is 12.6 Å². The van der Waals surface area contributed by atoms with Crippen LogP contribution in [0.2, 0.25) is 0 Å². The predicted molar refractivity (Wildman–Crippen MR) is 86.1 cm³/mol. The molecule has 0 aliphatic heterocycles. The topological polar surface area (TPSA) is 44.3 Å². The second kappa shape index (κ2) is 5.71. The minimum absolute atomic E-state index is 0.170. The van der Waals surface area contributed by atoms with Crippen molar-refractivity contribution in [1.29, 1.82) is 5.26 Å². The summed E-state index contributed by atoms with van der Waals surface area (Å²) >= 11 is 0. The average Bonchev–Trinajstić information content (AvgIpc) is 2.90. The van der Waals surface area contributed by atoms with E-state index in [1.54, 1.807) is 29.3 Å². The zero-order valence-corrected chi connectivity index (χ0v) is 13.2. The van der Waals surface area contributed by atoms with Crippen LogP contribution < -0.4 is 4.90 Å². The normalized spacial score (nSPS) is 11.8. The summed E-state index contributed by atoms with van der Waals surface area (Å²) in [5.41, 5.74) is 3.05. The Balaban J connectivity index is 2.22. The van der Waals surface area contributed by atoms with Crippen molar-refractivity contribution < 1.29 is 13.2 Å². The Labute approximate surface area is 136 Å². The number of pyridine rings is 1. The molecule has 3 aromatic rings. The molecule has 3 rings (SSSR count). The van der Waals surface area contributed by atoms with Gasteiger partial charge in [-0.05, 0) is 30.7 Å². The smallest absolute Gasteiger partial charge is 0.360 e. The Morgan fingerprint density at radius 1 is 1.29 bits per heavy atom. The summed E-state index contributed by atoms with van der Waals surface area (Å²) < 4.78 is 39.4. The van der Waals surface area contributed by atoms with E-state index in [1.165, 1.54) is 0 Å². The fraction of sp³-hybridized carbons (Fsp3) is 0.294. The number of hydrogen-bond donors (Lipinski definition) is 0. The number of alkyl halides is 3. The van der Waals surface area contributed by atoms with E-state index in [9.17, 15) is 18.4 Å². The summed E-state index contributed by atoms with van der Waals surface area (Å²) in [5, 5.41) is 9.42. The number of aryl methyl sites for hydroxylation is 1. The Kier molecular flexibility index (Phi) is 3.84. The summed E-state index contributed by atoms with van der Waals surface area (Å²) in [6, 6.07) is 11.2. The molecule has 2 aromatic heterocycles. The second-order valence-corrected chi connectivity index (χ2v) is 5.72. The van der Waals surface area contributed by atoms with Gasteiger partial charge in [-0.15, -0.1) is 0 Å². The van der Waals surface area contributed by atoms with Crippen LogP contribution in [0.3, 0.4) is 0 Å². The highest BCUT2D eigenvalue weighted by Crippen LogP contribution is 2.29. The summed E-state index contributed by atoms with van der Waals surface area (Å²) in [4.78, 5) is 6.03. The van der Waals surface area contributed by atoms with Gasteiger partial charge in [0, 0.05) is 13.6 Å². The first kappa shape index (κ1) is 16.1. The minimum Gasteiger partial charge on any atom is -0.360 e. The maximum Gasteiger partial charge on any atom is 0.390 e. The van der Waals surface area contributed by atoms with Crippen molar-refractivity contribution in [3.05, 3.63) is 41.5 Å². The zero-order valence-electron chi connectivity index (χ0n) is 13.2. The van der Waals surface area contributed by atoms with Crippen molar-refractivity contribution >= 4 is 22.5 Å². The van der Waals surface area contributed by atoms with E-state index in [0.717, 1.165) is 5.52 Å². The molecule has 2 heterocycles. The molecule has 0 N–H and O–H groups in total. The van der Waals surface area contributed by atoms with Gasteiger partial charge in [0.1, 0.15) is 11.9 Å². The molecular weight excluding hydrogens is 317 g/mol. The van der Waals surface area contributed by atoms with Crippen molar-refractivity contribution in [2.75, 3.05) is 18.5 Å². The molecule has 124 valence electrons. The first-order chi connectivity index (χ1) is 11.3. The van der Waals surface area contributed by atoms with Crippen LogP contribution in [0.4, 0.5) is 19.0 Å². The van der Waals surface area contributed by atoms with Gasteiger partial charge >= 0.3 is 6.18 Å². The Morgan fingerprint density at radius 2 is 2.00 bits per heavy atom. The largest absolute Gasteiger partial charge is 0.390 e. The Hall–Kier alpha value is -2.75. The maximum absolute atomic E-state index is 12.5. The highest BCUT2D eigenvalue weighted by Gasteiger charge is 2.28. The highest BCUT2D eigenvalue weighted by molar-refractivity contribution is 5.85. The number of nitriles is 1. The number of rotatable bonds is 3. The Morgan fingerprint density at radius 3 is 2.67 bits per heavy atom. The molecule has 0 saturated carbocycles. The second-order valence-electron chi connectivity index (χ2n) is 5.72. The van der Waals surface area contributed by atoms with Crippen molar-refractivity contribution in [2.45, 2.75) is 19.5 Å². The van der Waals surface area contributed by atoms with Gasteiger partial charge in [0.15, 0.2) is 5.65 Å². The SMILES string of the molecule is Cc1cc(N(C)CCC(F)(F)F)n2c(nc3ccccc32)c1C#N. The van der Waals surface area contributed by atoms with Gasteiger partial charge in [0.2, 0.25) is 0 Å². The number of benzene rings is 1. The van der Waals surface area contributed by atoms with Gasteiger partial charge in [0.25, 0.3) is 0 Å². The third kappa shape index (κ3) is 2.75. The fourth-order valence-electron chi connectivity index (χ4n) is 2.76. The van der Waals surface area contributed by atoms with Crippen LogP contribution >= 0.6 is 0 Å². The van der Waals surface area contributed by atoms with Crippen molar-refractivity contribution in [3.63, 3.8) is 0 Å². The summed E-state index contributed by atoms with van der Waals surface area (Å²) in [5.74, 6) is 0.583. The van der Waals surface area contributed by atoms with E-state index in [4.69, 9.17) is 0 Å². The molecule has 0 radical (unpaired) electrons. The van der Waals surface area contributed by atoms with Crippen LogP contribution in [0.15, 0.2) is 30.3 Å². The molecule has 0 atom stereocenters. The minimum atomic E-state index is -4.22. The van der Waals surface area contributed by atoms with Crippen LogP contribution in [-0.4, -0.2) is 29.2 Å². The lowest BCUT2D eigenvalue weighted by Gasteiger charge is -2.22. The first-order valence-electron chi connectivity index (χ1n) is 7.40. The number of hydrogen-bond acceptors (Lipinski definition) is 3. The summed E-state index contributed by atoms with van der Waals surface area (Å²) in [7, 11) is 1.61. The molecule has 7 heteroatoms. The van der Waals surface area contributed by atoms with E-state index in [-0.39, 0.29) is 6.54 Å². The monoisotopic (exact) mass is 332 g/mol. The molecule has 0 aliphatic carbocycles. The van der Waals surface area contributed by atoms with Gasteiger partial charge in [-0.3, -0.25) is 4.40 Å². The molecule has 0 saturated heterocycles. The van der Waals surface area contributed by atoms with Crippen LogP contribution in [0.5, 0.6) is 0 Å². The van der Waals surface area contributed by atoms with Crippen LogP contribution in [0.25, 0.3) is 16.7 Å². The average molecular weight is 332 g/mol. The summed E-state index contributed by atoms with van der Waals surface area (Å²) in [6.45, 7) is 1.59. The van der Waals surface area contributed by atoms with Gasteiger partial charge in [0.05, 0.1) is 23.0 Å². The lowest BCUT2D eigenvalue weighted by molar-refractivity contribution is -0.132. The fourth-order valence-corrected chi connectivity index (χ4v) is 2.76. The highest BCUT2D eigenvalue weighted by atomic mass is 19.4. The standard InChI is InChI=1S/C17H15F3N4/c1-11-9-15(23(2)8-7-17(18,19)20)24-14-6-4-3-5-13(14)22-16(24)12(11)10-21/h3-6,9H,7-8H2,1-2H3. The number of para-hydroxylation sites is 2. The number of aromatic nitrogens is 2. The maximum atomic E-state index is 12.5. The molecule has 0 fully saturated rings. The van der Waals surface area contributed by atoms with Crippen LogP contribution in [-0.2, 0) is 0 Å². The summed E-state index contributed by atoms with van der Waals surface area (Å²) in [6.07, 6.45) is -5.12. The van der Waals surface area contributed by atoms with Gasteiger partial charge in [-0.25, -0.2) is 4.98 Å². The lowest BCUT2D eigenvalue weighted by atomic mass is 10.1. The van der Waals surface area contributed by atoms with Crippen molar-refractivity contribution in [3.8, 4) is 6.07 Å². The number of anilines is 1. The van der Waals surface area contributed by atoms with E-state index in [2.05, 4.69) is 11.1 Å². The molecule has 0 spiro atoms. The molecule has 0 aliphatic rings. The van der Waals surface area contributed by atoms with Gasteiger partial charge in [-0.2, -0.15) is 18.4 Å². The number of fused-ring (bicyclic) bond motifs is 3. The predicted octanol–water partition coefficient (Wildman–Crippen LogP) is 4.06. The number of imidazole rings is 1. The molecule has 24 heavy (non-hydrogen) atoms. The first-order valence-corrected chi connectivity index (χ1v) is 7.40. The zero-order chi connectivity index (χ0) is 17.5. The van der Waals surface area contributed by atoms with E-state index in [0.29, 0.717) is 28.1 Å². The molecule has 0 unspecified atom stereocenters. The van der Waals surface area contributed by atoms with E-state index >= 15 is 0 Å². The van der Waals surface area contributed by atoms with Crippen molar-refractivity contribution in [1.82, 2.24) is 9.38 Å². The Bertz CT molecular complexity index is 950. The number of nitrogens with zero attached hydrogens (tertiary/aromatic N) is 4. The third-order valence-corrected chi connectivity index (χ3v) is 3.99. The molecule has 4 nitrogen and oxygen atoms in total. The van der Waals surface area contributed by atoms with Gasteiger partial charge in [-0.1, -0.05) is 12.1 Å². The third-order valence-electron chi connectivity index (χ3n) is 3.99. The van der Waals surface area contributed by atoms with Gasteiger partial charge < -0.3 is 4.90 Å². The number of halogens is 3. The van der Waals surface area contributed by atoms with E-state index in [1.807, 2.05) is 24.3 Å². The van der Waals surface area contributed by atoms with Crippen LogP contribution in [0.1, 0.15) is 17.5 Å². The molecular formula is C17H15F3N4. The van der Waals surface area contributed by atoms with Crippen LogP contribution in [0, 0.1) is 18.3 Å². The molecule has 0 amide bonds. The lowest BCUT2D eigenvalue weighted by Crippen LogP contribution is -2.26.